The SMILES string of the molecule is Cc1nn(-c2ccc(-c3noc(C4CC4)n3)cc2)cc1C(=O)N1CC=C(c2ccccc2)CC1. The van der Waals surface area contributed by atoms with Crippen LogP contribution in [0, 0.1) is 6.92 Å². The lowest BCUT2D eigenvalue weighted by atomic mass is 9.99. The fourth-order valence-electron chi connectivity index (χ4n) is 4.35. The van der Waals surface area contributed by atoms with E-state index in [4.69, 9.17) is 4.52 Å². The van der Waals surface area contributed by atoms with Crippen molar-refractivity contribution in [1.82, 2.24) is 24.8 Å². The van der Waals surface area contributed by atoms with Crippen LogP contribution in [0.1, 0.15) is 52.7 Å². The molecule has 1 aliphatic carbocycles. The number of carbonyl (C=O) groups is 1. The maximum atomic E-state index is 13.2. The molecule has 6 rings (SSSR count). The van der Waals surface area contributed by atoms with Crippen LogP contribution in [0.5, 0.6) is 0 Å². The standard InChI is InChI=1S/C27H25N5O2/c1-18-24(27(33)31-15-13-20(14-16-31)19-5-3-2-4-6-19)17-32(29-18)23-11-9-21(10-12-23)25-28-26(34-30-25)22-7-8-22/h2-6,9-13,17,22H,7-8,14-16H2,1H3. The van der Waals surface area contributed by atoms with Gasteiger partial charge in [-0.05, 0) is 61.6 Å². The van der Waals surface area contributed by atoms with E-state index in [1.807, 2.05) is 60.5 Å². The fraction of sp³-hybridized carbons (Fsp3) is 0.259. The number of carbonyl (C=O) groups excluding carboxylic acids is 1. The molecule has 0 unspecified atom stereocenters. The first-order valence-electron chi connectivity index (χ1n) is 11.7. The Hall–Kier alpha value is -4.00. The third-order valence-electron chi connectivity index (χ3n) is 6.53. The van der Waals surface area contributed by atoms with Crippen molar-refractivity contribution < 1.29 is 9.32 Å². The molecule has 2 aromatic heterocycles. The molecule has 0 N–H and O–H groups in total. The molecule has 0 spiro atoms. The Morgan fingerprint density at radius 2 is 1.82 bits per heavy atom. The second-order valence-electron chi connectivity index (χ2n) is 8.95. The summed E-state index contributed by atoms with van der Waals surface area (Å²) in [7, 11) is 0. The number of aryl methyl sites for hydroxylation is 1. The van der Waals surface area contributed by atoms with Gasteiger partial charge in [-0.25, -0.2) is 4.68 Å². The van der Waals surface area contributed by atoms with Crippen molar-refractivity contribution in [1.29, 1.82) is 0 Å². The van der Waals surface area contributed by atoms with Crippen molar-refractivity contribution in [2.45, 2.75) is 32.1 Å². The zero-order valence-corrected chi connectivity index (χ0v) is 19.0. The van der Waals surface area contributed by atoms with Crippen LogP contribution in [0.2, 0.25) is 0 Å². The number of aromatic nitrogens is 4. The molecule has 1 saturated carbocycles. The minimum atomic E-state index is 0.0168. The van der Waals surface area contributed by atoms with Crippen LogP contribution < -0.4 is 0 Å². The van der Waals surface area contributed by atoms with Gasteiger partial charge in [0.15, 0.2) is 0 Å². The van der Waals surface area contributed by atoms with Crippen LogP contribution in [0.3, 0.4) is 0 Å². The van der Waals surface area contributed by atoms with E-state index in [0.717, 1.165) is 42.1 Å². The van der Waals surface area contributed by atoms with E-state index >= 15 is 0 Å². The molecule has 3 heterocycles. The lowest BCUT2D eigenvalue weighted by Crippen LogP contribution is -2.34. The van der Waals surface area contributed by atoms with E-state index in [1.54, 1.807) is 4.68 Å². The monoisotopic (exact) mass is 451 g/mol. The smallest absolute Gasteiger partial charge is 0.257 e. The first-order valence-corrected chi connectivity index (χ1v) is 11.7. The highest BCUT2D eigenvalue weighted by Crippen LogP contribution is 2.39. The van der Waals surface area contributed by atoms with Crippen molar-refractivity contribution in [3.63, 3.8) is 0 Å². The Kier molecular flexibility index (Phi) is 5.09. The molecule has 1 fully saturated rings. The van der Waals surface area contributed by atoms with Gasteiger partial charge >= 0.3 is 0 Å². The molecule has 2 aliphatic rings. The average Bonchev–Trinajstić information content (AvgIpc) is 3.49. The topological polar surface area (TPSA) is 77.0 Å². The van der Waals surface area contributed by atoms with Crippen molar-refractivity contribution in [2.24, 2.45) is 0 Å². The zero-order valence-electron chi connectivity index (χ0n) is 19.0. The Morgan fingerprint density at radius 3 is 2.53 bits per heavy atom. The summed E-state index contributed by atoms with van der Waals surface area (Å²) in [6.07, 6.45) is 7.08. The van der Waals surface area contributed by atoms with Gasteiger partial charge in [0.05, 0.1) is 16.9 Å². The van der Waals surface area contributed by atoms with Gasteiger partial charge in [-0.15, -0.1) is 0 Å². The van der Waals surface area contributed by atoms with Crippen LogP contribution in [0.15, 0.2) is 71.4 Å². The summed E-state index contributed by atoms with van der Waals surface area (Å²) in [5.41, 5.74) is 5.65. The summed E-state index contributed by atoms with van der Waals surface area (Å²) in [6, 6.07) is 18.2. The van der Waals surface area contributed by atoms with Gasteiger partial charge in [-0.2, -0.15) is 10.1 Å². The summed E-state index contributed by atoms with van der Waals surface area (Å²) in [6.45, 7) is 3.19. The largest absolute Gasteiger partial charge is 0.339 e. The van der Waals surface area contributed by atoms with E-state index in [-0.39, 0.29) is 5.91 Å². The first kappa shape index (κ1) is 20.6. The van der Waals surface area contributed by atoms with Crippen molar-refractivity contribution in [2.75, 3.05) is 13.1 Å². The number of amides is 1. The van der Waals surface area contributed by atoms with Gasteiger partial charge in [0.1, 0.15) is 0 Å². The maximum Gasteiger partial charge on any atom is 0.257 e. The molecule has 0 bridgehead atoms. The number of benzene rings is 2. The highest BCUT2D eigenvalue weighted by molar-refractivity contribution is 5.95. The van der Waals surface area contributed by atoms with Crippen LogP contribution in [-0.2, 0) is 0 Å². The molecule has 34 heavy (non-hydrogen) atoms. The minimum Gasteiger partial charge on any atom is -0.339 e. The van der Waals surface area contributed by atoms with E-state index in [1.165, 1.54) is 11.1 Å². The predicted molar refractivity (Wildman–Crippen MR) is 129 cm³/mol. The highest BCUT2D eigenvalue weighted by Gasteiger charge is 2.29. The highest BCUT2D eigenvalue weighted by atomic mass is 16.5. The molecule has 0 saturated heterocycles. The number of hydrogen-bond acceptors (Lipinski definition) is 5. The summed E-state index contributed by atoms with van der Waals surface area (Å²) in [5.74, 6) is 1.79. The van der Waals surface area contributed by atoms with Crippen LogP contribution in [0.4, 0.5) is 0 Å². The van der Waals surface area contributed by atoms with Gasteiger partial charge in [0.25, 0.3) is 5.91 Å². The van der Waals surface area contributed by atoms with Crippen molar-refractivity contribution >= 4 is 11.5 Å². The lowest BCUT2D eigenvalue weighted by molar-refractivity contribution is 0.0772. The Balaban J connectivity index is 1.17. The van der Waals surface area contributed by atoms with Gasteiger partial charge in [0, 0.05) is 30.8 Å². The molecule has 0 atom stereocenters. The molecule has 1 aliphatic heterocycles. The molecule has 0 radical (unpaired) electrons. The minimum absolute atomic E-state index is 0.0168. The number of hydrogen-bond donors (Lipinski definition) is 0. The van der Waals surface area contributed by atoms with Crippen LogP contribution in [-0.4, -0.2) is 43.8 Å². The van der Waals surface area contributed by atoms with Gasteiger partial charge in [-0.1, -0.05) is 41.6 Å². The van der Waals surface area contributed by atoms with Crippen molar-refractivity contribution in [3.8, 4) is 17.1 Å². The molecule has 4 aromatic rings. The number of nitrogens with zero attached hydrogens (tertiary/aromatic N) is 5. The third-order valence-corrected chi connectivity index (χ3v) is 6.53. The maximum absolute atomic E-state index is 13.2. The van der Waals surface area contributed by atoms with E-state index in [9.17, 15) is 4.79 Å². The normalized spacial score (nSPS) is 15.9. The third kappa shape index (κ3) is 3.94. The Labute approximate surface area is 197 Å². The summed E-state index contributed by atoms with van der Waals surface area (Å²) < 4.78 is 7.13. The molecular formula is C27H25N5O2. The summed E-state index contributed by atoms with van der Waals surface area (Å²) in [4.78, 5) is 19.6. The lowest BCUT2D eigenvalue weighted by Gasteiger charge is -2.26. The first-order chi connectivity index (χ1) is 16.7. The zero-order chi connectivity index (χ0) is 23.1. The Morgan fingerprint density at radius 1 is 1.03 bits per heavy atom. The van der Waals surface area contributed by atoms with Crippen LogP contribution >= 0.6 is 0 Å². The van der Waals surface area contributed by atoms with Gasteiger partial charge < -0.3 is 9.42 Å². The molecule has 2 aromatic carbocycles. The predicted octanol–water partition coefficient (Wildman–Crippen LogP) is 5.04. The second kappa shape index (κ2) is 8.41. The molecule has 1 amide bonds. The summed E-state index contributed by atoms with van der Waals surface area (Å²) in [5, 5.41) is 8.71. The van der Waals surface area contributed by atoms with E-state index in [0.29, 0.717) is 30.4 Å². The second-order valence-corrected chi connectivity index (χ2v) is 8.95. The van der Waals surface area contributed by atoms with Gasteiger partial charge in [0.2, 0.25) is 11.7 Å². The van der Waals surface area contributed by atoms with Crippen molar-refractivity contribution in [3.05, 3.63) is 89.6 Å². The Bertz CT molecular complexity index is 1360. The average molecular weight is 452 g/mol. The fourth-order valence-corrected chi connectivity index (χ4v) is 4.35. The van der Waals surface area contributed by atoms with E-state index in [2.05, 4.69) is 33.4 Å². The molecule has 7 heteroatoms. The van der Waals surface area contributed by atoms with Crippen LogP contribution in [0.25, 0.3) is 22.6 Å². The van der Waals surface area contributed by atoms with E-state index < -0.39 is 0 Å². The summed E-state index contributed by atoms with van der Waals surface area (Å²) >= 11 is 0. The number of rotatable bonds is 5. The molecule has 170 valence electrons. The molecule has 7 nitrogen and oxygen atoms in total. The molecular weight excluding hydrogens is 426 g/mol. The quantitative estimate of drug-likeness (QED) is 0.425. The van der Waals surface area contributed by atoms with Gasteiger partial charge in [-0.3, -0.25) is 4.79 Å².